The van der Waals surface area contributed by atoms with Gasteiger partial charge in [0.2, 0.25) is 0 Å². The zero-order valence-corrected chi connectivity index (χ0v) is 13.4. The number of rotatable bonds is 3. The summed E-state index contributed by atoms with van der Waals surface area (Å²) in [5.74, 6) is 0.121. The Hall–Kier alpha value is -2.86. The molecule has 1 unspecified atom stereocenters. The molecule has 5 nitrogen and oxygen atoms in total. The van der Waals surface area contributed by atoms with Gasteiger partial charge in [0.15, 0.2) is 5.76 Å². The number of amides is 1. The average Bonchev–Trinajstić information content (AvgIpc) is 3.34. The van der Waals surface area contributed by atoms with Gasteiger partial charge in [-0.15, -0.1) is 0 Å². The minimum atomic E-state index is -0.293. The molecule has 120 valence electrons. The van der Waals surface area contributed by atoms with Gasteiger partial charge in [-0.05, 0) is 46.7 Å². The molecule has 0 saturated heterocycles. The van der Waals surface area contributed by atoms with E-state index in [0.717, 1.165) is 16.8 Å². The highest BCUT2D eigenvalue weighted by Crippen LogP contribution is 2.35. The molecule has 1 aliphatic rings. The summed E-state index contributed by atoms with van der Waals surface area (Å²) in [4.78, 5) is 12.8. The molecule has 1 aliphatic heterocycles. The van der Waals surface area contributed by atoms with E-state index in [-0.39, 0.29) is 23.5 Å². The SMILES string of the molecule is O=C(c1ccco1)N1N=C(c2ccsc2)CC1c1cccc(O)c1. The van der Waals surface area contributed by atoms with E-state index in [9.17, 15) is 9.90 Å². The predicted octanol–water partition coefficient (Wildman–Crippen LogP) is 4.04. The maximum Gasteiger partial charge on any atom is 0.310 e. The predicted molar refractivity (Wildman–Crippen MR) is 91.2 cm³/mol. The molecular weight excluding hydrogens is 324 g/mol. The maximum absolute atomic E-state index is 12.8. The number of carbonyl (C=O) groups is 1. The number of aromatic hydroxyl groups is 1. The summed E-state index contributed by atoms with van der Waals surface area (Å²) in [6, 6.07) is 11.9. The second kappa shape index (κ2) is 5.98. The van der Waals surface area contributed by atoms with Gasteiger partial charge in [0.25, 0.3) is 0 Å². The van der Waals surface area contributed by atoms with Gasteiger partial charge in [-0.1, -0.05) is 12.1 Å². The Bertz CT molecular complexity index is 885. The quantitative estimate of drug-likeness (QED) is 0.784. The summed E-state index contributed by atoms with van der Waals surface area (Å²) >= 11 is 1.59. The van der Waals surface area contributed by atoms with Crippen molar-refractivity contribution in [2.75, 3.05) is 0 Å². The Morgan fingerprint density at radius 1 is 1.29 bits per heavy atom. The van der Waals surface area contributed by atoms with Crippen molar-refractivity contribution in [3.8, 4) is 5.75 Å². The number of phenolic OH excluding ortho intramolecular Hbond substituents is 1. The summed E-state index contributed by atoms with van der Waals surface area (Å²) in [6.07, 6.45) is 2.06. The number of carbonyl (C=O) groups excluding carboxylic acids is 1. The van der Waals surface area contributed by atoms with Crippen molar-refractivity contribution in [3.63, 3.8) is 0 Å². The first-order chi connectivity index (χ1) is 11.7. The number of thiophene rings is 1. The highest BCUT2D eigenvalue weighted by atomic mass is 32.1. The normalized spacial score (nSPS) is 17.1. The van der Waals surface area contributed by atoms with Gasteiger partial charge in [-0.2, -0.15) is 16.4 Å². The van der Waals surface area contributed by atoms with Gasteiger partial charge >= 0.3 is 5.91 Å². The van der Waals surface area contributed by atoms with Crippen LogP contribution in [0, 0.1) is 0 Å². The third-order valence-corrected chi connectivity index (χ3v) is 4.64. The lowest BCUT2D eigenvalue weighted by atomic mass is 9.99. The van der Waals surface area contributed by atoms with Crippen LogP contribution in [0.2, 0.25) is 0 Å². The monoisotopic (exact) mass is 338 g/mol. The second-order valence-corrected chi connectivity index (χ2v) is 6.28. The first-order valence-electron chi connectivity index (χ1n) is 7.48. The highest BCUT2D eigenvalue weighted by Gasteiger charge is 2.34. The maximum atomic E-state index is 12.8. The van der Waals surface area contributed by atoms with Gasteiger partial charge in [0.05, 0.1) is 18.0 Å². The molecule has 1 aromatic carbocycles. The summed E-state index contributed by atoms with van der Waals surface area (Å²) < 4.78 is 5.23. The molecule has 1 atom stereocenters. The minimum absolute atomic E-state index is 0.168. The van der Waals surface area contributed by atoms with Crippen LogP contribution in [0.25, 0.3) is 0 Å². The van der Waals surface area contributed by atoms with Gasteiger partial charge < -0.3 is 9.52 Å². The van der Waals surface area contributed by atoms with Crippen LogP contribution >= 0.6 is 11.3 Å². The van der Waals surface area contributed by atoms with Crippen molar-refractivity contribution in [1.29, 1.82) is 0 Å². The van der Waals surface area contributed by atoms with E-state index in [0.29, 0.717) is 6.42 Å². The fraction of sp³-hybridized carbons (Fsp3) is 0.111. The number of hydrazone groups is 1. The van der Waals surface area contributed by atoms with Crippen LogP contribution in [-0.2, 0) is 0 Å². The number of furan rings is 1. The Morgan fingerprint density at radius 3 is 2.92 bits per heavy atom. The van der Waals surface area contributed by atoms with Crippen LogP contribution in [-0.4, -0.2) is 21.7 Å². The molecular formula is C18H14N2O3S. The Morgan fingerprint density at radius 2 is 2.21 bits per heavy atom. The highest BCUT2D eigenvalue weighted by molar-refractivity contribution is 7.08. The number of phenols is 1. The van der Waals surface area contributed by atoms with Crippen molar-refractivity contribution >= 4 is 23.0 Å². The van der Waals surface area contributed by atoms with Crippen LogP contribution in [0.5, 0.6) is 5.75 Å². The number of hydrogen-bond donors (Lipinski definition) is 1. The van der Waals surface area contributed by atoms with E-state index in [4.69, 9.17) is 4.42 Å². The third-order valence-electron chi connectivity index (χ3n) is 3.96. The number of nitrogens with zero attached hydrogens (tertiary/aromatic N) is 2. The van der Waals surface area contributed by atoms with Crippen LogP contribution in [0.1, 0.15) is 34.1 Å². The van der Waals surface area contributed by atoms with E-state index in [1.165, 1.54) is 11.3 Å². The van der Waals surface area contributed by atoms with Crippen LogP contribution in [0.15, 0.2) is 69.0 Å². The van der Waals surface area contributed by atoms with E-state index < -0.39 is 0 Å². The average molecular weight is 338 g/mol. The fourth-order valence-electron chi connectivity index (χ4n) is 2.81. The number of benzene rings is 1. The topological polar surface area (TPSA) is 66.0 Å². The Labute approximate surface area is 142 Å². The summed E-state index contributed by atoms with van der Waals surface area (Å²) in [7, 11) is 0. The van der Waals surface area contributed by atoms with E-state index in [2.05, 4.69) is 5.10 Å². The summed E-state index contributed by atoms with van der Waals surface area (Å²) in [5, 5.41) is 19.8. The first-order valence-corrected chi connectivity index (χ1v) is 8.43. The summed E-state index contributed by atoms with van der Waals surface area (Å²) in [6.45, 7) is 0. The molecule has 0 aliphatic carbocycles. The zero-order valence-electron chi connectivity index (χ0n) is 12.6. The van der Waals surface area contributed by atoms with Crippen LogP contribution in [0.3, 0.4) is 0 Å². The third kappa shape index (κ3) is 2.61. The van der Waals surface area contributed by atoms with Gasteiger partial charge in [0, 0.05) is 12.0 Å². The van der Waals surface area contributed by atoms with Crippen molar-refractivity contribution in [1.82, 2.24) is 5.01 Å². The molecule has 24 heavy (non-hydrogen) atoms. The first kappa shape index (κ1) is 14.7. The molecule has 1 N–H and O–H groups in total. The van der Waals surface area contributed by atoms with Crippen molar-refractivity contribution in [3.05, 3.63) is 76.4 Å². The molecule has 3 aromatic rings. The second-order valence-electron chi connectivity index (χ2n) is 5.50. The van der Waals surface area contributed by atoms with Crippen LogP contribution in [0.4, 0.5) is 0 Å². The fourth-order valence-corrected chi connectivity index (χ4v) is 3.47. The van der Waals surface area contributed by atoms with Crippen molar-refractivity contribution in [2.45, 2.75) is 12.5 Å². The van der Waals surface area contributed by atoms with E-state index >= 15 is 0 Å². The zero-order chi connectivity index (χ0) is 16.5. The van der Waals surface area contributed by atoms with E-state index in [1.807, 2.05) is 22.9 Å². The summed E-state index contributed by atoms with van der Waals surface area (Å²) in [5.41, 5.74) is 2.70. The Balaban J connectivity index is 1.73. The molecule has 6 heteroatoms. The Kier molecular flexibility index (Phi) is 3.66. The van der Waals surface area contributed by atoms with Crippen LogP contribution < -0.4 is 0 Å². The largest absolute Gasteiger partial charge is 0.508 e. The molecule has 4 rings (SSSR count). The van der Waals surface area contributed by atoms with E-state index in [1.54, 1.807) is 41.7 Å². The van der Waals surface area contributed by atoms with Gasteiger partial charge in [-0.3, -0.25) is 4.79 Å². The standard InChI is InChI=1S/C18H14N2O3S/c21-14-4-1-3-12(9-14)16-10-15(13-6-8-24-11-13)19-20(16)18(22)17-5-2-7-23-17/h1-9,11,16,21H,10H2. The molecule has 1 amide bonds. The number of hydrogen-bond acceptors (Lipinski definition) is 5. The lowest BCUT2D eigenvalue weighted by Gasteiger charge is -2.21. The van der Waals surface area contributed by atoms with Crippen molar-refractivity contribution < 1.29 is 14.3 Å². The smallest absolute Gasteiger partial charge is 0.310 e. The molecule has 0 fully saturated rings. The molecule has 0 radical (unpaired) electrons. The lowest BCUT2D eigenvalue weighted by Crippen LogP contribution is -2.26. The molecule has 0 spiro atoms. The minimum Gasteiger partial charge on any atom is -0.508 e. The van der Waals surface area contributed by atoms with Gasteiger partial charge in [0.1, 0.15) is 5.75 Å². The lowest BCUT2D eigenvalue weighted by molar-refractivity contribution is 0.0678. The molecule has 2 aromatic heterocycles. The van der Waals surface area contributed by atoms with Gasteiger partial charge in [-0.25, -0.2) is 5.01 Å². The van der Waals surface area contributed by atoms with Crippen molar-refractivity contribution in [2.24, 2.45) is 5.10 Å². The molecule has 0 saturated carbocycles. The molecule has 0 bridgehead atoms. The molecule has 3 heterocycles.